The zero-order valence-corrected chi connectivity index (χ0v) is 12.5. The molecule has 1 aliphatic heterocycles. The smallest absolute Gasteiger partial charge is 0.322 e. The van der Waals surface area contributed by atoms with Crippen LogP contribution in [-0.2, 0) is 14.3 Å². The lowest BCUT2D eigenvalue weighted by Crippen LogP contribution is -2.43. The van der Waals surface area contributed by atoms with Gasteiger partial charge in [-0.25, -0.2) is 0 Å². The molecule has 1 aliphatic rings. The predicted molar refractivity (Wildman–Crippen MR) is 75.2 cm³/mol. The molecule has 0 spiro atoms. The molecule has 0 saturated carbocycles. The molecular formula is C14H28N2O3. The van der Waals surface area contributed by atoms with Crippen molar-refractivity contribution < 1.29 is 14.3 Å². The third kappa shape index (κ3) is 5.89. The van der Waals surface area contributed by atoms with Gasteiger partial charge in [0.2, 0.25) is 0 Å². The molecule has 0 aliphatic carbocycles. The molecule has 0 aromatic carbocycles. The van der Waals surface area contributed by atoms with Crippen molar-refractivity contribution in [1.82, 2.24) is 10.2 Å². The number of ether oxygens (including phenoxy) is 2. The second-order valence-electron chi connectivity index (χ2n) is 5.10. The molecule has 1 N–H and O–H groups in total. The number of hydrogen-bond acceptors (Lipinski definition) is 5. The number of piperidine rings is 1. The molecule has 19 heavy (non-hydrogen) atoms. The molecule has 0 aromatic rings. The van der Waals surface area contributed by atoms with E-state index in [1.54, 1.807) is 7.11 Å². The second-order valence-corrected chi connectivity index (χ2v) is 5.10. The van der Waals surface area contributed by atoms with Crippen molar-refractivity contribution >= 4 is 5.97 Å². The minimum atomic E-state index is -0.176. The Bertz CT molecular complexity index is 253. The summed E-state index contributed by atoms with van der Waals surface area (Å²) in [5.74, 6) is -0.153. The molecule has 0 aromatic heterocycles. The highest BCUT2D eigenvalue weighted by molar-refractivity contribution is 5.75. The van der Waals surface area contributed by atoms with Crippen LogP contribution in [0.25, 0.3) is 0 Å². The van der Waals surface area contributed by atoms with Gasteiger partial charge in [-0.3, -0.25) is 4.79 Å². The maximum Gasteiger partial charge on any atom is 0.322 e. The normalized spacial score (nSPS) is 19.3. The van der Waals surface area contributed by atoms with Crippen molar-refractivity contribution in [3.63, 3.8) is 0 Å². The Labute approximate surface area is 116 Å². The van der Waals surface area contributed by atoms with Gasteiger partial charge < -0.3 is 19.7 Å². The molecule has 0 bridgehead atoms. The third-order valence-electron chi connectivity index (χ3n) is 3.73. The van der Waals surface area contributed by atoms with Crippen LogP contribution in [0.2, 0.25) is 0 Å². The van der Waals surface area contributed by atoms with Crippen molar-refractivity contribution in [1.29, 1.82) is 0 Å². The summed E-state index contributed by atoms with van der Waals surface area (Å²) >= 11 is 0. The summed E-state index contributed by atoms with van der Waals surface area (Å²) in [5, 5.41) is 3.25. The largest absolute Gasteiger partial charge is 0.468 e. The van der Waals surface area contributed by atoms with E-state index < -0.39 is 0 Å². The Hall–Kier alpha value is -0.650. The number of hydrogen-bond donors (Lipinski definition) is 1. The number of nitrogens with one attached hydrogen (secondary N) is 1. The van der Waals surface area contributed by atoms with Crippen LogP contribution >= 0.6 is 0 Å². The van der Waals surface area contributed by atoms with E-state index in [-0.39, 0.29) is 12.0 Å². The molecule has 0 amide bonds. The van der Waals surface area contributed by atoms with Crippen LogP contribution < -0.4 is 5.32 Å². The van der Waals surface area contributed by atoms with E-state index in [2.05, 4.69) is 17.1 Å². The molecule has 1 atom stereocenters. The average molecular weight is 272 g/mol. The van der Waals surface area contributed by atoms with Crippen molar-refractivity contribution in [2.75, 3.05) is 40.4 Å². The van der Waals surface area contributed by atoms with Crippen LogP contribution in [0, 0.1) is 0 Å². The first kappa shape index (κ1) is 16.4. The van der Waals surface area contributed by atoms with Gasteiger partial charge in [0.1, 0.15) is 6.04 Å². The van der Waals surface area contributed by atoms with Crippen molar-refractivity contribution in [3.8, 4) is 0 Å². The summed E-state index contributed by atoms with van der Waals surface area (Å²) in [5.41, 5.74) is 0. The van der Waals surface area contributed by atoms with E-state index in [4.69, 9.17) is 9.47 Å². The molecule has 1 saturated heterocycles. The molecule has 1 fully saturated rings. The standard InChI is InChI=1S/C14H28N2O3/c1-4-8-15-13(14(17)19-3)7-11-16-9-5-12(18-2)6-10-16/h12-13,15H,4-11H2,1-3H3. The SMILES string of the molecule is CCCNC(CCN1CCC(OC)CC1)C(=O)OC. The van der Waals surface area contributed by atoms with Gasteiger partial charge in [-0.05, 0) is 32.2 Å². The van der Waals surface area contributed by atoms with E-state index >= 15 is 0 Å². The first-order valence-corrected chi connectivity index (χ1v) is 7.27. The van der Waals surface area contributed by atoms with Gasteiger partial charge >= 0.3 is 5.97 Å². The minimum absolute atomic E-state index is 0.153. The lowest BCUT2D eigenvalue weighted by molar-refractivity contribution is -0.143. The van der Waals surface area contributed by atoms with E-state index in [1.807, 2.05) is 0 Å². The van der Waals surface area contributed by atoms with Crippen LogP contribution in [0.3, 0.4) is 0 Å². The number of nitrogens with zero attached hydrogens (tertiary/aromatic N) is 1. The molecule has 1 unspecified atom stereocenters. The van der Waals surface area contributed by atoms with E-state index in [9.17, 15) is 4.79 Å². The fourth-order valence-electron chi connectivity index (χ4n) is 2.44. The Morgan fingerprint density at radius 2 is 2.05 bits per heavy atom. The van der Waals surface area contributed by atoms with Crippen LogP contribution in [0.4, 0.5) is 0 Å². The highest BCUT2D eigenvalue weighted by atomic mass is 16.5. The van der Waals surface area contributed by atoms with Gasteiger partial charge in [0.25, 0.3) is 0 Å². The Morgan fingerprint density at radius 3 is 2.58 bits per heavy atom. The van der Waals surface area contributed by atoms with Crippen LogP contribution in [-0.4, -0.2) is 63.4 Å². The lowest BCUT2D eigenvalue weighted by atomic mass is 10.1. The van der Waals surface area contributed by atoms with Gasteiger partial charge in [0.05, 0.1) is 13.2 Å². The Morgan fingerprint density at radius 1 is 1.37 bits per heavy atom. The zero-order valence-electron chi connectivity index (χ0n) is 12.5. The van der Waals surface area contributed by atoms with Gasteiger partial charge in [-0.2, -0.15) is 0 Å². The molecule has 1 heterocycles. The van der Waals surface area contributed by atoms with Crippen LogP contribution in [0.5, 0.6) is 0 Å². The van der Waals surface area contributed by atoms with E-state index in [0.29, 0.717) is 6.10 Å². The summed E-state index contributed by atoms with van der Waals surface area (Å²) in [4.78, 5) is 14.1. The van der Waals surface area contributed by atoms with Gasteiger partial charge in [-0.1, -0.05) is 6.92 Å². The number of esters is 1. The first-order chi connectivity index (χ1) is 9.21. The van der Waals surface area contributed by atoms with Gasteiger partial charge in [0, 0.05) is 26.7 Å². The summed E-state index contributed by atoms with van der Waals surface area (Å²) in [6.45, 7) is 6.00. The average Bonchev–Trinajstić information content (AvgIpc) is 2.47. The fraction of sp³-hybridized carbons (Fsp3) is 0.929. The van der Waals surface area contributed by atoms with E-state index in [1.165, 1.54) is 7.11 Å². The monoisotopic (exact) mass is 272 g/mol. The Balaban J connectivity index is 2.29. The van der Waals surface area contributed by atoms with Crippen molar-refractivity contribution in [2.24, 2.45) is 0 Å². The molecule has 0 radical (unpaired) electrons. The first-order valence-electron chi connectivity index (χ1n) is 7.27. The summed E-state index contributed by atoms with van der Waals surface area (Å²) in [6.07, 6.45) is 4.41. The second kappa shape index (κ2) is 9.28. The summed E-state index contributed by atoms with van der Waals surface area (Å²) in [7, 11) is 3.23. The summed E-state index contributed by atoms with van der Waals surface area (Å²) in [6, 6.07) is -0.176. The number of methoxy groups -OCH3 is 2. The maximum atomic E-state index is 11.7. The zero-order chi connectivity index (χ0) is 14.1. The quantitative estimate of drug-likeness (QED) is 0.669. The van der Waals surface area contributed by atoms with Gasteiger partial charge in [-0.15, -0.1) is 0 Å². The van der Waals surface area contributed by atoms with Crippen molar-refractivity contribution in [2.45, 2.75) is 44.8 Å². The number of rotatable bonds is 8. The number of likely N-dealkylation sites (tertiary alicyclic amines) is 1. The highest BCUT2D eigenvalue weighted by Gasteiger charge is 2.22. The molecule has 112 valence electrons. The molecule has 1 rings (SSSR count). The lowest BCUT2D eigenvalue weighted by Gasteiger charge is -2.31. The number of carbonyl (C=O) groups excluding carboxylic acids is 1. The molecular weight excluding hydrogens is 244 g/mol. The predicted octanol–water partition coefficient (Wildman–Crippen LogP) is 1.03. The van der Waals surface area contributed by atoms with Crippen LogP contribution in [0.1, 0.15) is 32.6 Å². The fourth-order valence-corrected chi connectivity index (χ4v) is 2.44. The van der Waals surface area contributed by atoms with E-state index in [0.717, 1.165) is 51.9 Å². The molecule has 5 nitrogen and oxygen atoms in total. The van der Waals surface area contributed by atoms with Crippen molar-refractivity contribution in [3.05, 3.63) is 0 Å². The third-order valence-corrected chi connectivity index (χ3v) is 3.73. The Kier molecular flexibility index (Phi) is 8.02. The number of carbonyl (C=O) groups is 1. The van der Waals surface area contributed by atoms with Gasteiger partial charge in [0.15, 0.2) is 0 Å². The van der Waals surface area contributed by atoms with Crippen LogP contribution in [0.15, 0.2) is 0 Å². The minimum Gasteiger partial charge on any atom is -0.468 e. The molecule has 5 heteroatoms. The highest BCUT2D eigenvalue weighted by Crippen LogP contribution is 2.13. The topological polar surface area (TPSA) is 50.8 Å². The summed E-state index contributed by atoms with van der Waals surface area (Å²) < 4.78 is 10.2. The maximum absolute atomic E-state index is 11.7.